The first kappa shape index (κ1) is 27.6. The summed E-state index contributed by atoms with van der Waals surface area (Å²) in [5, 5.41) is 15.7. The number of rotatable bonds is 9. The molecule has 7 nitrogen and oxygen atoms in total. The van der Waals surface area contributed by atoms with Crippen LogP contribution >= 0.6 is 23.2 Å². The van der Waals surface area contributed by atoms with Gasteiger partial charge in [-0.2, -0.15) is 5.26 Å². The molecule has 0 aliphatic heterocycles. The Morgan fingerprint density at radius 3 is 2.43 bits per heavy atom. The molecule has 0 atom stereocenters. The summed E-state index contributed by atoms with van der Waals surface area (Å²) in [7, 11) is 0. The van der Waals surface area contributed by atoms with Gasteiger partial charge in [0.2, 0.25) is 0 Å². The minimum absolute atomic E-state index is 0.143. The molecule has 0 aliphatic carbocycles. The van der Waals surface area contributed by atoms with Crippen LogP contribution < -0.4 is 20.1 Å². The molecular weight excluding hydrogens is 513 g/mol. The Kier molecular flexibility index (Phi) is 9.56. The van der Waals surface area contributed by atoms with Gasteiger partial charge < -0.3 is 20.1 Å². The SMILES string of the molecule is CCOc1cc(/C=C(/C#N)C(=O)Nc2ccc(Cl)cc2)cc(Cl)c1OCC(=O)Nc1cccc(C)c1C. The first-order chi connectivity index (χ1) is 17.7. The molecule has 37 heavy (non-hydrogen) atoms. The van der Waals surface area contributed by atoms with Crippen molar-refractivity contribution in [1.82, 2.24) is 0 Å². The topological polar surface area (TPSA) is 100 Å². The third kappa shape index (κ3) is 7.50. The van der Waals surface area contributed by atoms with E-state index in [9.17, 15) is 14.9 Å². The number of benzene rings is 3. The lowest BCUT2D eigenvalue weighted by atomic mass is 10.1. The van der Waals surface area contributed by atoms with Crippen LogP contribution in [0.1, 0.15) is 23.6 Å². The first-order valence-electron chi connectivity index (χ1n) is 11.4. The molecule has 0 aromatic heterocycles. The van der Waals surface area contributed by atoms with Gasteiger partial charge in [0.1, 0.15) is 11.6 Å². The van der Waals surface area contributed by atoms with Crippen LogP contribution in [0.2, 0.25) is 10.0 Å². The molecule has 2 amide bonds. The molecule has 0 saturated heterocycles. The third-order valence-corrected chi connectivity index (χ3v) is 5.87. The summed E-state index contributed by atoms with van der Waals surface area (Å²) in [5.41, 5.74) is 3.52. The van der Waals surface area contributed by atoms with Crippen LogP contribution in [0, 0.1) is 25.2 Å². The molecule has 0 heterocycles. The maximum atomic E-state index is 12.6. The van der Waals surface area contributed by atoms with Crippen LogP contribution in [-0.4, -0.2) is 25.0 Å². The lowest BCUT2D eigenvalue weighted by molar-refractivity contribution is -0.118. The highest BCUT2D eigenvalue weighted by molar-refractivity contribution is 6.32. The van der Waals surface area contributed by atoms with Crippen LogP contribution in [-0.2, 0) is 9.59 Å². The van der Waals surface area contributed by atoms with Gasteiger partial charge in [0.25, 0.3) is 11.8 Å². The molecule has 2 N–H and O–H groups in total. The van der Waals surface area contributed by atoms with E-state index < -0.39 is 5.91 Å². The van der Waals surface area contributed by atoms with Gasteiger partial charge in [-0.15, -0.1) is 0 Å². The Morgan fingerprint density at radius 1 is 1.03 bits per heavy atom. The predicted octanol–water partition coefficient (Wildman–Crippen LogP) is 6.57. The minimum Gasteiger partial charge on any atom is -0.490 e. The van der Waals surface area contributed by atoms with Crippen molar-refractivity contribution >= 4 is 52.5 Å². The number of carbonyl (C=O) groups excluding carboxylic acids is 2. The number of nitrogens with zero attached hydrogens (tertiary/aromatic N) is 1. The molecule has 3 aromatic carbocycles. The molecule has 0 fully saturated rings. The first-order valence-corrected chi connectivity index (χ1v) is 12.1. The standard InChI is InChI=1S/C28H25Cl2N3O4/c1-4-36-25-14-19(12-20(15-31)28(35)32-22-10-8-21(29)9-11-22)13-23(30)27(25)37-16-26(34)33-24-7-5-6-17(2)18(24)3/h5-14H,4,16H2,1-3H3,(H,32,35)(H,33,34)/b20-12-. The second-order valence-electron chi connectivity index (χ2n) is 7.98. The van der Waals surface area contributed by atoms with E-state index >= 15 is 0 Å². The maximum Gasteiger partial charge on any atom is 0.266 e. The van der Waals surface area contributed by atoms with Crippen LogP contribution in [0.15, 0.2) is 60.2 Å². The summed E-state index contributed by atoms with van der Waals surface area (Å²) in [4.78, 5) is 25.1. The van der Waals surface area contributed by atoms with Gasteiger partial charge in [0, 0.05) is 16.4 Å². The van der Waals surface area contributed by atoms with Gasteiger partial charge in [-0.3, -0.25) is 9.59 Å². The number of anilines is 2. The molecular formula is C28H25Cl2N3O4. The Balaban J connectivity index is 1.77. The normalized spacial score (nSPS) is 10.9. The zero-order valence-electron chi connectivity index (χ0n) is 20.5. The highest BCUT2D eigenvalue weighted by atomic mass is 35.5. The Labute approximate surface area is 225 Å². The van der Waals surface area contributed by atoms with Crippen molar-refractivity contribution in [3.8, 4) is 17.6 Å². The van der Waals surface area contributed by atoms with Crippen molar-refractivity contribution in [3.63, 3.8) is 0 Å². The zero-order valence-corrected chi connectivity index (χ0v) is 22.0. The highest BCUT2D eigenvalue weighted by Gasteiger charge is 2.16. The van der Waals surface area contributed by atoms with Gasteiger partial charge in [-0.25, -0.2) is 0 Å². The van der Waals surface area contributed by atoms with Crippen LogP contribution in [0.25, 0.3) is 6.08 Å². The van der Waals surface area contributed by atoms with Crippen LogP contribution in [0.4, 0.5) is 11.4 Å². The summed E-state index contributed by atoms with van der Waals surface area (Å²) in [6, 6.07) is 17.1. The monoisotopic (exact) mass is 537 g/mol. The number of aryl methyl sites for hydroxylation is 1. The van der Waals surface area contributed by atoms with E-state index in [1.54, 1.807) is 37.3 Å². The average Bonchev–Trinajstić information content (AvgIpc) is 2.86. The van der Waals surface area contributed by atoms with E-state index in [0.29, 0.717) is 28.6 Å². The molecule has 0 saturated carbocycles. The zero-order chi connectivity index (χ0) is 26.9. The fourth-order valence-corrected chi connectivity index (χ4v) is 3.73. The number of carbonyl (C=O) groups is 2. The molecule has 9 heteroatoms. The number of amides is 2. The van der Waals surface area contributed by atoms with Crippen molar-refractivity contribution in [1.29, 1.82) is 5.26 Å². The number of nitrogens with one attached hydrogen (secondary N) is 2. The van der Waals surface area contributed by atoms with E-state index in [2.05, 4.69) is 10.6 Å². The maximum absolute atomic E-state index is 12.6. The second kappa shape index (κ2) is 12.8. The number of hydrogen-bond acceptors (Lipinski definition) is 5. The number of hydrogen-bond donors (Lipinski definition) is 2. The number of halogens is 2. The van der Waals surface area contributed by atoms with Gasteiger partial charge >= 0.3 is 0 Å². The largest absolute Gasteiger partial charge is 0.490 e. The fraction of sp³-hybridized carbons (Fsp3) is 0.179. The number of ether oxygens (including phenoxy) is 2. The lowest BCUT2D eigenvalue weighted by Crippen LogP contribution is -2.21. The Bertz CT molecular complexity index is 1380. The Morgan fingerprint density at radius 2 is 1.76 bits per heavy atom. The molecule has 0 spiro atoms. The highest BCUT2D eigenvalue weighted by Crippen LogP contribution is 2.37. The smallest absolute Gasteiger partial charge is 0.266 e. The number of nitriles is 1. The van der Waals surface area contributed by atoms with Crippen molar-refractivity contribution < 1.29 is 19.1 Å². The van der Waals surface area contributed by atoms with Crippen molar-refractivity contribution in [3.05, 3.63) is 86.9 Å². The van der Waals surface area contributed by atoms with Crippen molar-refractivity contribution in [2.24, 2.45) is 0 Å². The summed E-state index contributed by atoms with van der Waals surface area (Å²) in [5.74, 6) is -0.499. The Hall–Kier alpha value is -3.99. The molecule has 190 valence electrons. The summed E-state index contributed by atoms with van der Waals surface area (Å²) in [6.45, 7) is 5.68. The summed E-state index contributed by atoms with van der Waals surface area (Å²) in [6.07, 6.45) is 1.39. The van der Waals surface area contributed by atoms with E-state index in [0.717, 1.165) is 11.1 Å². The molecule has 3 aromatic rings. The molecule has 0 radical (unpaired) electrons. The van der Waals surface area contributed by atoms with Gasteiger partial charge in [0.05, 0.1) is 11.6 Å². The third-order valence-electron chi connectivity index (χ3n) is 5.34. The van der Waals surface area contributed by atoms with Gasteiger partial charge in [0.15, 0.2) is 18.1 Å². The van der Waals surface area contributed by atoms with E-state index in [1.165, 1.54) is 12.1 Å². The molecule has 0 unspecified atom stereocenters. The van der Waals surface area contributed by atoms with Crippen molar-refractivity contribution in [2.45, 2.75) is 20.8 Å². The molecule has 0 bridgehead atoms. The van der Waals surface area contributed by atoms with Crippen LogP contribution in [0.5, 0.6) is 11.5 Å². The van der Waals surface area contributed by atoms with E-state index in [4.69, 9.17) is 32.7 Å². The summed E-state index contributed by atoms with van der Waals surface area (Å²) >= 11 is 12.3. The molecule has 0 aliphatic rings. The minimum atomic E-state index is -0.595. The lowest BCUT2D eigenvalue weighted by Gasteiger charge is -2.15. The predicted molar refractivity (Wildman–Crippen MR) is 146 cm³/mol. The molecule has 3 rings (SSSR count). The fourth-order valence-electron chi connectivity index (χ4n) is 3.33. The van der Waals surface area contributed by atoms with Crippen molar-refractivity contribution in [2.75, 3.05) is 23.8 Å². The van der Waals surface area contributed by atoms with E-state index in [1.807, 2.05) is 38.1 Å². The second-order valence-corrected chi connectivity index (χ2v) is 8.82. The van der Waals surface area contributed by atoms with E-state index in [-0.39, 0.29) is 34.6 Å². The van der Waals surface area contributed by atoms with Crippen LogP contribution in [0.3, 0.4) is 0 Å². The average molecular weight is 538 g/mol. The quantitative estimate of drug-likeness (QED) is 0.237. The summed E-state index contributed by atoms with van der Waals surface area (Å²) < 4.78 is 11.4. The van der Waals surface area contributed by atoms with Gasteiger partial charge in [-0.1, -0.05) is 35.3 Å². The van der Waals surface area contributed by atoms with Gasteiger partial charge in [-0.05, 0) is 86.0 Å².